The van der Waals surface area contributed by atoms with Gasteiger partial charge in [0.05, 0.1) is 23.4 Å². The summed E-state index contributed by atoms with van der Waals surface area (Å²) in [4.78, 5) is 24.6. The highest BCUT2D eigenvalue weighted by Crippen LogP contribution is 2.34. The summed E-state index contributed by atoms with van der Waals surface area (Å²) in [6.45, 7) is 2.01. The monoisotopic (exact) mass is 385 g/mol. The Labute approximate surface area is 168 Å². The van der Waals surface area contributed by atoms with Crippen molar-refractivity contribution in [3.05, 3.63) is 90.3 Å². The van der Waals surface area contributed by atoms with Crippen molar-refractivity contribution in [1.29, 1.82) is 0 Å². The highest BCUT2D eigenvalue weighted by molar-refractivity contribution is 6.09. The second kappa shape index (κ2) is 8.02. The van der Waals surface area contributed by atoms with Gasteiger partial charge in [-0.05, 0) is 48.9 Å². The minimum atomic E-state index is -0.455. The van der Waals surface area contributed by atoms with Crippen LogP contribution in [-0.4, -0.2) is 23.3 Å². The Morgan fingerprint density at radius 1 is 0.931 bits per heavy atom. The molecule has 0 aliphatic heterocycles. The average Bonchev–Trinajstić information content (AvgIpc) is 3.09. The van der Waals surface area contributed by atoms with Crippen LogP contribution in [-0.2, 0) is 4.74 Å². The smallest absolute Gasteiger partial charge is 0.340 e. The Hall–Kier alpha value is -3.86. The number of para-hydroxylation sites is 1. The van der Waals surface area contributed by atoms with E-state index in [1.54, 1.807) is 23.6 Å². The number of rotatable bonds is 6. The van der Waals surface area contributed by atoms with Crippen molar-refractivity contribution < 1.29 is 19.1 Å². The predicted molar refractivity (Wildman–Crippen MR) is 111 cm³/mol. The van der Waals surface area contributed by atoms with Gasteiger partial charge in [-0.2, -0.15) is 0 Å². The molecule has 0 unspecified atom stereocenters. The molecule has 5 heteroatoms. The molecule has 2 heterocycles. The van der Waals surface area contributed by atoms with Gasteiger partial charge in [-0.25, -0.2) is 4.79 Å². The molecule has 5 nitrogen and oxygen atoms in total. The topological polar surface area (TPSA) is 57.0 Å². The number of nitrogens with zero attached hydrogens (tertiary/aromatic N) is 1. The van der Waals surface area contributed by atoms with E-state index in [4.69, 9.17) is 9.47 Å². The Kier molecular flexibility index (Phi) is 5.12. The second-order valence-electron chi connectivity index (χ2n) is 6.37. The number of aldehydes is 1. The summed E-state index contributed by atoms with van der Waals surface area (Å²) < 4.78 is 12.8. The zero-order chi connectivity index (χ0) is 20.2. The van der Waals surface area contributed by atoms with Crippen LogP contribution in [0.5, 0.6) is 11.5 Å². The lowest BCUT2D eigenvalue weighted by Crippen LogP contribution is -2.05. The summed E-state index contributed by atoms with van der Waals surface area (Å²) in [5, 5.41) is 0. The highest BCUT2D eigenvalue weighted by atomic mass is 16.5. The van der Waals surface area contributed by atoms with E-state index in [0.717, 1.165) is 17.6 Å². The first-order chi connectivity index (χ1) is 14.2. The molecule has 0 bridgehead atoms. The zero-order valence-corrected chi connectivity index (χ0v) is 15.9. The minimum absolute atomic E-state index is 0.253. The van der Waals surface area contributed by atoms with E-state index >= 15 is 0 Å². The van der Waals surface area contributed by atoms with Crippen molar-refractivity contribution in [2.45, 2.75) is 6.92 Å². The number of benzene rings is 2. The third kappa shape index (κ3) is 3.50. The molecule has 4 rings (SSSR count). The van der Waals surface area contributed by atoms with E-state index in [-0.39, 0.29) is 6.61 Å². The van der Waals surface area contributed by atoms with Crippen LogP contribution >= 0.6 is 0 Å². The number of fused-ring (bicyclic) bond motifs is 1. The molecule has 0 atom stereocenters. The molecule has 2 aromatic carbocycles. The molecule has 0 saturated heterocycles. The van der Waals surface area contributed by atoms with Gasteiger partial charge in [0.2, 0.25) is 0 Å². The van der Waals surface area contributed by atoms with E-state index in [9.17, 15) is 9.59 Å². The van der Waals surface area contributed by atoms with Gasteiger partial charge < -0.3 is 13.9 Å². The van der Waals surface area contributed by atoms with Gasteiger partial charge >= 0.3 is 5.97 Å². The van der Waals surface area contributed by atoms with Crippen LogP contribution < -0.4 is 4.74 Å². The summed E-state index contributed by atoms with van der Waals surface area (Å²) in [6.07, 6.45) is 2.53. The molecule has 0 aliphatic rings. The van der Waals surface area contributed by atoms with Crippen molar-refractivity contribution >= 4 is 17.8 Å². The van der Waals surface area contributed by atoms with Crippen molar-refractivity contribution in [2.75, 3.05) is 6.61 Å². The lowest BCUT2D eigenvalue weighted by Gasteiger charge is -2.08. The number of pyridine rings is 1. The Morgan fingerprint density at radius 2 is 1.62 bits per heavy atom. The number of hydrogen-bond donors (Lipinski definition) is 0. The largest absolute Gasteiger partial charge is 0.462 e. The Bertz CT molecular complexity index is 1160. The summed E-state index contributed by atoms with van der Waals surface area (Å²) in [6, 6.07) is 22.2. The average molecular weight is 385 g/mol. The fraction of sp³-hybridized carbons (Fsp3) is 0.0833. The molecule has 0 spiro atoms. The van der Waals surface area contributed by atoms with Gasteiger partial charge in [0, 0.05) is 11.8 Å². The van der Waals surface area contributed by atoms with Crippen molar-refractivity contribution in [3.8, 4) is 22.6 Å². The number of carbonyl (C=O) groups excluding carboxylic acids is 2. The molecule has 0 radical (unpaired) electrons. The van der Waals surface area contributed by atoms with Crippen LogP contribution in [0.1, 0.15) is 27.8 Å². The normalized spacial score (nSPS) is 10.7. The zero-order valence-electron chi connectivity index (χ0n) is 15.9. The maximum absolute atomic E-state index is 12.7. The molecule has 144 valence electrons. The predicted octanol–water partition coefficient (Wildman–Crippen LogP) is 5.39. The fourth-order valence-electron chi connectivity index (χ4n) is 3.37. The molecular weight excluding hydrogens is 366 g/mol. The lowest BCUT2D eigenvalue weighted by atomic mass is 10.0. The van der Waals surface area contributed by atoms with Crippen LogP contribution in [0.4, 0.5) is 0 Å². The van der Waals surface area contributed by atoms with E-state index in [1.165, 1.54) is 0 Å². The molecule has 2 aromatic heterocycles. The van der Waals surface area contributed by atoms with Crippen LogP contribution in [0.15, 0.2) is 79.0 Å². The minimum Gasteiger partial charge on any atom is -0.462 e. The van der Waals surface area contributed by atoms with Crippen LogP contribution in [0.2, 0.25) is 0 Å². The molecule has 0 aliphatic carbocycles. The van der Waals surface area contributed by atoms with Gasteiger partial charge in [0.1, 0.15) is 11.5 Å². The summed E-state index contributed by atoms with van der Waals surface area (Å²) in [5.41, 5.74) is 2.70. The Morgan fingerprint density at radius 3 is 2.31 bits per heavy atom. The molecular formula is C24H19NO4. The van der Waals surface area contributed by atoms with Gasteiger partial charge in [-0.1, -0.05) is 36.4 Å². The Balaban J connectivity index is 1.81. The first kappa shape index (κ1) is 18.5. The highest BCUT2D eigenvalue weighted by Gasteiger charge is 2.25. The quantitative estimate of drug-likeness (QED) is 0.330. The van der Waals surface area contributed by atoms with Gasteiger partial charge in [-0.15, -0.1) is 0 Å². The molecule has 0 fully saturated rings. The summed E-state index contributed by atoms with van der Waals surface area (Å²) in [7, 11) is 0. The van der Waals surface area contributed by atoms with Crippen LogP contribution in [0.3, 0.4) is 0 Å². The molecule has 0 N–H and O–H groups in total. The molecule has 4 aromatic rings. The van der Waals surface area contributed by atoms with Crippen LogP contribution in [0, 0.1) is 0 Å². The second-order valence-corrected chi connectivity index (χ2v) is 6.37. The standard InChI is InChI=1S/C24H19NO4/c1-2-28-24(27)23-20-10-6-7-15-25(20)21(16-26)22(23)17-11-13-19(14-12-17)29-18-8-4-3-5-9-18/h3-16H,2H2,1H3. The number of hydrogen-bond acceptors (Lipinski definition) is 4. The van der Waals surface area contributed by atoms with Gasteiger partial charge in [-0.3, -0.25) is 4.79 Å². The van der Waals surface area contributed by atoms with Crippen molar-refractivity contribution in [1.82, 2.24) is 4.40 Å². The van der Waals surface area contributed by atoms with Crippen molar-refractivity contribution in [3.63, 3.8) is 0 Å². The van der Waals surface area contributed by atoms with E-state index in [1.807, 2.05) is 66.7 Å². The van der Waals surface area contributed by atoms with Crippen molar-refractivity contribution in [2.24, 2.45) is 0 Å². The third-order valence-corrected chi connectivity index (χ3v) is 4.59. The van der Waals surface area contributed by atoms with Gasteiger partial charge in [0.25, 0.3) is 0 Å². The third-order valence-electron chi connectivity index (χ3n) is 4.59. The number of ether oxygens (including phenoxy) is 2. The van der Waals surface area contributed by atoms with E-state index in [2.05, 4.69) is 0 Å². The fourth-order valence-corrected chi connectivity index (χ4v) is 3.37. The van der Waals surface area contributed by atoms with E-state index < -0.39 is 5.97 Å². The SMILES string of the molecule is CCOC(=O)c1c(-c2ccc(Oc3ccccc3)cc2)c(C=O)n2ccccc12. The number of esters is 1. The molecule has 0 saturated carbocycles. The van der Waals surface area contributed by atoms with E-state index in [0.29, 0.717) is 28.1 Å². The molecule has 0 amide bonds. The number of aromatic nitrogens is 1. The maximum atomic E-state index is 12.7. The lowest BCUT2D eigenvalue weighted by molar-refractivity contribution is 0.0529. The van der Waals surface area contributed by atoms with Crippen LogP contribution in [0.25, 0.3) is 16.6 Å². The summed E-state index contributed by atoms with van der Waals surface area (Å²) in [5.74, 6) is 0.939. The van der Waals surface area contributed by atoms with Gasteiger partial charge in [0.15, 0.2) is 6.29 Å². The first-order valence-electron chi connectivity index (χ1n) is 9.31. The summed E-state index contributed by atoms with van der Waals surface area (Å²) >= 11 is 0. The number of carbonyl (C=O) groups is 2. The maximum Gasteiger partial charge on any atom is 0.340 e. The molecule has 29 heavy (non-hydrogen) atoms. The first-order valence-corrected chi connectivity index (χ1v) is 9.31.